The molecule has 0 atom stereocenters. The molecule has 0 aliphatic carbocycles. The van der Waals surface area contributed by atoms with Crippen molar-refractivity contribution in [1.82, 2.24) is 4.57 Å². The van der Waals surface area contributed by atoms with E-state index in [1.165, 1.54) is 18.7 Å². The zero-order chi connectivity index (χ0) is 28.8. The van der Waals surface area contributed by atoms with Crippen LogP contribution < -0.4 is 36.8 Å². The molecular formula is C31H27BrN4O5S. The highest BCUT2D eigenvalue weighted by atomic mass is 79.9. The molecule has 0 radical (unpaired) electrons. The van der Waals surface area contributed by atoms with Gasteiger partial charge in [0.1, 0.15) is 28.6 Å². The number of methoxy groups -OCH3 is 1. The van der Waals surface area contributed by atoms with Crippen molar-refractivity contribution in [1.29, 1.82) is 0 Å². The Labute approximate surface area is 257 Å². The van der Waals surface area contributed by atoms with E-state index in [0.717, 1.165) is 11.4 Å². The number of para-hydroxylation sites is 2. The fraction of sp³-hybridized carbons (Fsp3) is 0.0968. The van der Waals surface area contributed by atoms with Gasteiger partial charge in [0, 0.05) is 18.7 Å². The number of anilines is 1. The molecule has 0 aliphatic heterocycles. The van der Waals surface area contributed by atoms with Crippen LogP contribution in [-0.4, -0.2) is 27.7 Å². The molecular weight excluding hydrogens is 620 g/mol. The SMILES string of the molecule is COc1ccc(-n2c(CSC(Nc3ccccc3)=[NH+]c3ccccc3)c([N+](=O)[O-])c3ccc(OC(C)=O)cc32)cc1.[Br-]. The predicted octanol–water partition coefficient (Wildman–Crippen LogP) is 2.59. The fourth-order valence-corrected chi connectivity index (χ4v) is 5.37. The van der Waals surface area contributed by atoms with Gasteiger partial charge < -0.3 is 31.0 Å². The molecule has 1 heterocycles. The van der Waals surface area contributed by atoms with Gasteiger partial charge in [0.25, 0.3) is 5.69 Å². The fourth-order valence-electron chi connectivity index (χ4n) is 4.44. The van der Waals surface area contributed by atoms with Crippen molar-refractivity contribution in [3.8, 4) is 17.2 Å². The van der Waals surface area contributed by atoms with Crippen molar-refractivity contribution < 1.29 is 41.2 Å². The lowest BCUT2D eigenvalue weighted by Crippen LogP contribution is -3.00. The van der Waals surface area contributed by atoms with Crippen molar-refractivity contribution in [2.45, 2.75) is 12.7 Å². The molecule has 0 fully saturated rings. The van der Waals surface area contributed by atoms with E-state index in [-0.39, 0.29) is 33.3 Å². The topological polar surface area (TPSA) is 110 Å². The summed E-state index contributed by atoms with van der Waals surface area (Å²) in [6.07, 6.45) is 0. The predicted molar refractivity (Wildman–Crippen MR) is 161 cm³/mol. The summed E-state index contributed by atoms with van der Waals surface area (Å²) in [5.41, 5.74) is 3.45. The number of ether oxygens (including phenoxy) is 2. The first-order valence-electron chi connectivity index (χ1n) is 12.7. The number of nitrogens with zero attached hydrogens (tertiary/aromatic N) is 2. The molecule has 0 spiro atoms. The number of aromatic nitrogens is 1. The lowest BCUT2D eigenvalue weighted by molar-refractivity contribution is -0.383. The molecule has 0 amide bonds. The minimum absolute atomic E-state index is 0. The molecule has 1 aromatic heterocycles. The molecule has 0 bridgehead atoms. The second-order valence-corrected chi connectivity index (χ2v) is 9.94. The van der Waals surface area contributed by atoms with Gasteiger partial charge in [-0.3, -0.25) is 14.9 Å². The first-order chi connectivity index (χ1) is 19.9. The third-order valence-electron chi connectivity index (χ3n) is 6.20. The molecule has 11 heteroatoms. The van der Waals surface area contributed by atoms with Crippen molar-refractivity contribution in [2.24, 2.45) is 0 Å². The number of benzene rings is 4. The monoisotopic (exact) mass is 646 g/mol. The second-order valence-electron chi connectivity index (χ2n) is 8.96. The number of hydrogen-bond acceptors (Lipinski definition) is 6. The summed E-state index contributed by atoms with van der Waals surface area (Å²) < 4.78 is 12.5. The van der Waals surface area contributed by atoms with Crippen molar-refractivity contribution in [3.63, 3.8) is 0 Å². The van der Waals surface area contributed by atoms with E-state index in [9.17, 15) is 14.9 Å². The van der Waals surface area contributed by atoms with Crippen LogP contribution >= 0.6 is 11.8 Å². The normalized spacial score (nSPS) is 11.0. The standard InChI is InChI=1S/C31H26N4O5S.BrH/c1-21(36)40-26-17-18-27-28(19-26)34(24-13-15-25(39-2)16-14-24)29(30(27)35(37)38)20-41-31(32-22-9-5-3-6-10-22)33-23-11-7-4-8-12-23;/h3-19H,20H2,1-2H3,(H,32,33);1H. The van der Waals surface area contributed by atoms with Crippen LogP contribution in [0.5, 0.6) is 11.5 Å². The van der Waals surface area contributed by atoms with Gasteiger partial charge in [-0.05, 0) is 72.4 Å². The Hall–Kier alpha value is -4.61. The number of amidine groups is 1. The number of esters is 1. The van der Waals surface area contributed by atoms with Crippen LogP contribution in [0.15, 0.2) is 103 Å². The summed E-state index contributed by atoms with van der Waals surface area (Å²) in [6.45, 7) is 1.31. The molecule has 5 aromatic rings. The Bertz CT molecular complexity index is 1730. The Morgan fingerprint density at radius 3 is 2.21 bits per heavy atom. The average Bonchev–Trinajstić information content (AvgIpc) is 3.30. The van der Waals surface area contributed by atoms with Crippen LogP contribution in [0, 0.1) is 10.1 Å². The molecule has 4 aromatic carbocycles. The largest absolute Gasteiger partial charge is 1.00 e. The highest BCUT2D eigenvalue weighted by Gasteiger charge is 2.28. The average molecular weight is 648 g/mol. The minimum Gasteiger partial charge on any atom is -1.00 e. The molecule has 0 aliphatic rings. The molecule has 0 saturated carbocycles. The van der Waals surface area contributed by atoms with Crippen LogP contribution in [-0.2, 0) is 10.5 Å². The summed E-state index contributed by atoms with van der Waals surface area (Å²) in [5, 5.41) is 17.0. The van der Waals surface area contributed by atoms with Crippen molar-refractivity contribution in [2.75, 3.05) is 12.4 Å². The van der Waals surface area contributed by atoms with E-state index < -0.39 is 5.97 Å². The second kappa shape index (κ2) is 13.8. The van der Waals surface area contributed by atoms with E-state index >= 15 is 0 Å². The van der Waals surface area contributed by atoms with E-state index in [4.69, 9.17) is 9.47 Å². The van der Waals surface area contributed by atoms with Gasteiger partial charge in [-0.15, -0.1) is 0 Å². The zero-order valence-electron chi connectivity index (χ0n) is 22.7. The Morgan fingerprint density at radius 2 is 1.60 bits per heavy atom. The number of rotatable bonds is 8. The first-order valence-corrected chi connectivity index (χ1v) is 13.7. The van der Waals surface area contributed by atoms with Gasteiger partial charge in [-0.1, -0.05) is 36.4 Å². The highest BCUT2D eigenvalue weighted by molar-refractivity contribution is 8.13. The summed E-state index contributed by atoms with van der Waals surface area (Å²) in [6, 6.07) is 31.5. The first kappa shape index (κ1) is 30.4. The van der Waals surface area contributed by atoms with Crippen LogP contribution in [0.3, 0.4) is 0 Å². The summed E-state index contributed by atoms with van der Waals surface area (Å²) >= 11 is 1.40. The van der Waals surface area contributed by atoms with Crippen molar-refractivity contribution >= 4 is 50.9 Å². The van der Waals surface area contributed by atoms with Gasteiger partial charge in [0.15, 0.2) is 0 Å². The third kappa shape index (κ3) is 6.99. The van der Waals surface area contributed by atoms with Crippen molar-refractivity contribution in [3.05, 3.63) is 119 Å². The van der Waals surface area contributed by atoms with Gasteiger partial charge in [-0.25, -0.2) is 10.3 Å². The van der Waals surface area contributed by atoms with E-state index in [2.05, 4.69) is 10.3 Å². The Morgan fingerprint density at radius 1 is 0.952 bits per heavy atom. The molecule has 42 heavy (non-hydrogen) atoms. The smallest absolute Gasteiger partial charge is 0.314 e. The minimum atomic E-state index is -0.476. The molecule has 5 rings (SSSR count). The summed E-state index contributed by atoms with van der Waals surface area (Å²) in [4.78, 5) is 27.2. The summed E-state index contributed by atoms with van der Waals surface area (Å²) in [7, 11) is 1.58. The molecule has 0 saturated heterocycles. The Balaban J connectivity index is 0.00000405. The van der Waals surface area contributed by atoms with Crippen LogP contribution in [0.4, 0.5) is 17.1 Å². The molecule has 9 nitrogen and oxygen atoms in total. The molecule has 0 unspecified atom stereocenters. The lowest BCUT2D eigenvalue weighted by Gasteiger charge is -2.11. The molecule has 2 N–H and O–H groups in total. The molecule has 214 valence electrons. The number of nitrogens with one attached hydrogen (secondary N) is 2. The number of thioether (sulfide) groups is 1. The number of hydrogen-bond donors (Lipinski definition) is 2. The van der Waals surface area contributed by atoms with E-state index in [1.807, 2.05) is 77.4 Å². The quantitative estimate of drug-likeness (QED) is 0.0666. The van der Waals surface area contributed by atoms with Gasteiger partial charge in [0.05, 0.1) is 28.7 Å². The van der Waals surface area contributed by atoms with Gasteiger partial charge >= 0.3 is 11.1 Å². The van der Waals surface area contributed by atoms with Crippen LogP contribution in [0.1, 0.15) is 12.6 Å². The maximum Gasteiger partial charge on any atom is 0.314 e. The van der Waals surface area contributed by atoms with Crippen LogP contribution in [0.25, 0.3) is 16.6 Å². The van der Waals surface area contributed by atoms with E-state index in [0.29, 0.717) is 39.0 Å². The number of carbonyl (C=O) groups is 1. The van der Waals surface area contributed by atoms with Gasteiger partial charge in [-0.2, -0.15) is 0 Å². The summed E-state index contributed by atoms with van der Waals surface area (Å²) in [5.74, 6) is 0.728. The van der Waals surface area contributed by atoms with Gasteiger partial charge in [0.2, 0.25) is 0 Å². The zero-order valence-corrected chi connectivity index (χ0v) is 25.1. The Kier molecular flexibility index (Phi) is 10.00. The lowest BCUT2D eigenvalue weighted by atomic mass is 10.2. The van der Waals surface area contributed by atoms with Crippen LogP contribution in [0.2, 0.25) is 0 Å². The third-order valence-corrected chi connectivity index (χ3v) is 7.11. The number of fused-ring (bicyclic) bond motifs is 1. The highest BCUT2D eigenvalue weighted by Crippen LogP contribution is 2.39. The maximum absolute atomic E-state index is 12.5. The number of nitro groups is 1. The maximum atomic E-state index is 12.5. The number of halogens is 1. The number of carbonyl (C=O) groups excluding carboxylic acids is 1. The van der Waals surface area contributed by atoms with E-state index in [1.54, 1.807) is 37.4 Å².